The minimum absolute atomic E-state index is 0.305. The molecule has 1 aromatic heterocycles. The van der Waals surface area contributed by atoms with E-state index in [0.717, 1.165) is 37.4 Å². The molecule has 2 fully saturated rings. The fourth-order valence-electron chi connectivity index (χ4n) is 2.93. The summed E-state index contributed by atoms with van der Waals surface area (Å²) in [6.07, 6.45) is 3.48. The van der Waals surface area contributed by atoms with Gasteiger partial charge in [0.05, 0.1) is 0 Å². The van der Waals surface area contributed by atoms with Gasteiger partial charge in [-0.15, -0.1) is 0 Å². The van der Waals surface area contributed by atoms with Crippen LogP contribution in [0, 0.1) is 0 Å². The lowest BCUT2D eigenvalue weighted by molar-refractivity contribution is -0.129. The number of amides is 1. The monoisotopic (exact) mass is 246 g/mol. The average molecular weight is 246 g/mol. The average Bonchev–Trinajstić information content (AvgIpc) is 2.80. The van der Waals surface area contributed by atoms with Gasteiger partial charge in [0.15, 0.2) is 0 Å². The highest BCUT2D eigenvalue weighted by atomic mass is 16.2. The molecule has 1 amide bonds. The fourth-order valence-corrected chi connectivity index (χ4v) is 2.93. The van der Waals surface area contributed by atoms with Crippen molar-refractivity contribution in [2.24, 2.45) is 5.73 Å². The number of nitrogens with two attached hydrogens (primary N) is 1. The molecule has 3 rings (SSSR count). The van der Waals surface area contributed by atoms with E-state index in [-0.39, 0.29) is 0 Å². The standard InChI is InChI=1S/C13H18N4O/c14-8-10-2-1-5-15-13(10)16-6-7-17-11(9-16)3-4-12(17)18/h1-2,5,11H,3-4,6-9,14H2. The van der Waals surface area contributed by atoms with Crippen molar-refractivity contribution in [2.45, 2.75) is 25.4 Å². The molecule has 1 atom stereocenters. The Morgan fingerprint density at radius 1 is 1.44 bits per heavy atom. The highest BCUT2D eigenvalue weighted by Gasteiger charge is 2.36. The van der Waals surface area contributed by atoms with E-state index in [1.807, 2.05) is 17.0 Å². The van der Waals surface area contributed by atoms with Gasteiger partial charge in [0.25, 0.3) is 0 Å². The van der Waals surface area contributed by atoms with E-state index in [1.165, 1.54) is 0 Å². The molecule has 5 heteroatoms. The molecule has 2 aliphatic heterocycles. The number of pyridine rings is 1. The van der Waals surface area contributed by atoms with Crippen molar-refractivity contribution in [3.8, 4) is 0 Å². The van der Waals surface area contributed by atoms with Gasteiger partial charge < -0.3 is 15.5 Å². The second kappa shape index (κ2) is 4.57. The fraction of sp³-hybridized carbons (Fsp3) is 0.538. The van der Waals surface area contributed by atoms with Crippen LogP contribution in [-0.2, 0) is 11.3 Å². The van der Waals surface area contributed by atoms with Gasteiger partial charge in [0.2, 0.25) is 5.91 Å². The van der Waals surface area contributed by atoms with Gasteiger partial charge in [-0.2, -0.15) is 0 Å². The second-order valence-electron chi connectivity index (χ2n) is 4.92. The number of carbonyl (C=O) groups is 1. The number of rotatable bonds is 2. The molecule has 2 N–H and O–H groups in total. The Bertz CT molecular complexity index is 462. The van der Waals surface area contributed by atoms with Gasteiger partial charge in [-0.25, -0.2) is 4.98 Å². The van der Waals surface area contributed by atoms with Crippen LogP contribution in [0.4, 0.5) is 5.82 Å². The molecule has 0 aliphatic carbocycles. The Balaban J connectivity index is 1.80. The number of piperazine rings is 1. The van der Waals surface area contributed by atoms with Crippen LogP contribution in [0.5, 0.6) is 0 Å². The van der Waals surface area contributed by atoms with E-state index in [9.17, 15) is 4.79 Å². The van der Waals surface area contributed by atoms with Crippen LogP contribution < -0.4 is 10.6 Å². The molecule has 96 valence electrons. The molecule has 0 bridgehead atoms. The van der Waals surface area contributed by atoms with Crippen LogP contribution >= 0.6 is 0 Å². The molecule has 2 saturated heterocycles. The highest BCUT2D eigenvalue weighted by molar-refractivity contribution is 5.79. The first-order valence-corrected chi connectivity index (χ1v) is 6.48. The molecular weight excluding hydrogens is 228 g/mol. The maximum Gasteiger partial charge on any atom is 0.223 e. The predicted octanol–water partition coefficient (Wildman–Crippen LogP) is 0.351. The summed E-state index contributed by atoms with van der Waals surface area (Å²) in [4.78, 5) is 20.4. The number of fused-ring (bicyclic) bond motifs is 1. The Morgan fingerprint density at radius 2 is 2.33 bits per heavy atom. The Labute approximate surface area is 107 Å². The van der Waals surface area contributed by atoms with E-state index >= 15 is 0 Å². The van der Waals surface area contributed by atoms with Crippen molar-refractivity contribution >= 4 is 11.7 Å². The van der Waals surface area contributed by atoms with E-state index in [1.54, 1.807) is 6.20 Å². The van der Waals surface area contributed by atoms with Crippen LogP contribution in [0.1, 0.15) is 18.4 Å². The second-order valence-corrected chi connectivity index (χ2v) is 4.92. The summed E-state index contributed by atoms with van der Waals surface area (Å²) in [5.74, 6) is 1.29. The SMILES string of the molecule is NCc1cccnc1N1CCN2C(=O)CCC2C1. The number of aromatic nitrogens is 1. The van der Waals surface area contributed by atoms with Gasteiger partial charge in [-0.3, -0.25) is 4.79 Å². The van der Waals surface area contributed by atoms with Crippen LogP contribution in [0.25, 0.3) is 0 Å². The molecule has 5 nitrogen and oxygen atoms in total. The van der Waals surface area contributed by atoms with E-state index < -0.39 is 0 Å². The molecule has 0 saturated carbocycles. The molecule has 1 unspecified atom stereocenters. The van der Waals surface area contributed by atoms with Crippen LogP contribution in [-0.4, -0.2) is 41.5 Å². The topological polar surface area (TPSA) is 62.5 Å². The third kappa shape index (κ3) is 1.84. The largest absolute Gasteiger partial charge is 0.353 e. The minimum Gasteiger partial charge on any atom is -0.353 e. The van der Waals surface area contributed by atoms with Crippen molar-refractivity contribution in [1.29, 1.82) is 0 Å². The predicted molar refractivity (Wildman–Crippen MR) is 69.1 cm³/mol. The summed E-state index contributed by atoms with van der Waals surface area (Å²) >= 11 is 0. The van der Waals surface area contributed by atoms with Crippen molar-refractivity contribution in [3.63, 3.8) is 0 Å². The smallest absolute Gasteiger partial charge is 0.223 e. The van der Waals surface area contributed by atoms with Crippen LogP contribution in [0.15, 0.2) is 18.3 Å². The van der Waals surface area contributed by atoms with Gasteiger partial charge in [-0.1, -0.05) is 6.07 Å². The maximum atomic E-state index is 11.6. The zero-order valence-corrected chi connectivity index (χ0v) is 10.4. The Hall–Kier alpha value is -1.62. The summed E-state index contributed by atoms with van der Waals surface area (Å²) in [5.41, 5.74) is 6.83. The van der Waals surface area contributed by atoms with Crippen molar-refractivity contribution in [1.82, 2.24) is 9.88 Å². The van der Waals surface area contributed by atoms with E-state index in [4.69, 9.17) is 5.73 Å². The van der Waals surface area contributed by atoms with E-state index in [0.29, 0.717) is 24.9 Å². The van der Waals surface area contributed by atoms with Crippen molar-refractivity contribution in [2.75, 3.05) is 24.5 Å². The number of carbonyl (C=O) groups excluding carboxylic acids is 1. The van der Waals surface area contributed by atoms with Crippen molar-refractivity contribution in [3.05, 3.63) is 23.9 Å². The zero-order chi connectivity index (χ0) is 12.5. The third-order valence-electron chi connectivity index (χ3n) is 3.88. The molecule has 3 heterocycles. The molecule has 0 spiro atoms. The zero-order valence-electron chi connectivity index (χ0n) is 10.4. The maximum absolute atomic E-state index is 11.6. The van der Waals surface area contributed by atoms with Crippen LogP contribution in [0.3, 0.4) is 0 Å². The molecule has 1 aromatic rings. The summed E-state index contributed by atoms with van der Waals surface area (Å²) in [6, 6.07) is 4.30. The number of nitrogens with zero attached hydrogens (tertiary/aromatic N) is 3. The summed E-state index contributed by atoms with van der Waals surface area (Å²) in [5, 5.41) is 0. The summed E-state index contributed by atoms with van der Waals surface area (Å²) in [7, 11) is 0. The van der Waals surface area contributed by atoms with Gasteiger partial charge in [0, 0.05) is 50.4 Å². The van der Waals surface area contributed by atoms with E-state index in [2.05, 4.69) is 9.88 Å². The molecule has 18 heavy (non-hydrogen) atoms. The third-order valence-corrected chi connectivity index (χ3v) is 3.88. The number of hydrogen-bond acceptors (Lipinski definition) is 4. The van der Waals surface area contributed by atoms with Gasteiger partial charge >= 0.3 is 0 Å². The van der Waals surface area contributed by atoms with Crippen LogP contribution in [0.2, 0.25) is 0 Å². The normalized spacial score (nSPS) is 23.4. The summed E-state index contributed by atoms with van der Waals surface area (Å²) in [6.45, 7) is 3.05. The van der Waals surface area contributed by atoms with Crippen molar-refractivity contribution < 1.29 is 4.79 Å². The molecular formula is C13H18N4O. The number of hydrogen-bond donors (Lipinski definition) is 1. The quantitative estimate of drug-likeness (QED) is 0.818. The summed E-state index contributed by atoms with van der Waals surface area (Å²) < 4.78 is 0. The highest BCUT2D eigenvalue weighted by Crippen LogP contribution is 2.26. The molecule has 0 radical (unpaired) electrons. The first-order chi connectivity index (χ1) is 8.79. The minimum atomic E-state index is 0.305. The first-order valence-electron chi connectivity index (χ1n) is 6.48. The molecule has 2 aliphatic rings. The molecule has 0 aromatic carbocycles. The lowest BCUT2D eigenvalue weighted by Gasteiger charge is -2.38. The Kier molecular flexibility index (Phi) is 2.91. The Morgan fingerprint density at radius 3 is 3.17 bits per heavy atom. The van der Waals surface area contributed by atoms with Gasteiger partial charge in [0.1, 0.15) is 5.82 Å². The lowest BCUT2D eigenvalue weighted by atomic mass is 10.1. The first kappa shape index (κ1) is 11.5. The van der Waals surface area contributed by atoms with Gasteiger partial charge in [-0.05, 0) is 12.5 Å². The lowest BCUT2D eigenvalue weighted by Crippen LogP contribution is -2.52. The number of anilines is 1.